The van der Waals surface area contributed by atoms with E-state index in [0.717, 1.165) is 19.4 Å². The second-order valence-corrected chi connectivity index (χ2v) is 6.98. The molecule has 0 radical (unpaired) electrons. The highest BCUT2D eigenvalue weighted by atomic mass is 32.1. The molecule has 0 bridgehead atoms. The third-order valence-corrected chi connectivity index (χ3v) is 5.38. The Morgan fingerprint density at radius 3 is 2.85 bits per heavy atom. The quantitative estimate of drug-likeness (QED) is 0.931. The Morgan fingerprint density at radius 1 is 1.50 bits per heavy atom. The molecule has 110 valence electrons. The fraction of sp³-hybridized carbons (Fsp3) is 0.667. The molecule has 0 saturated carbocycles. The van der Waals surface area contributed by atoms with Gasteiger partial charge in [-0.25, -0.2) is 0 Å². The van der Waals surface area contributed by atoms with Crippen LogP contribution in [0.3, 0.4) is 0 Å². The van der Waals surface area contributed by atoms with Gasteiger partial charge in [0.05, 0.1) is 18.2 Å². The number of carbonyl (C=O) groups excluding carboxylic acids is 1. The molecule has 2 aliphatic heterocycles. The SMILES string of the molecule is CCC1NC(c2ccc(C)s2)N(C2CCOC2C)C1=O. The van der Waals surface area contributed by atoms with E-state index >= 15 is 0 Å². The summed E-state index contributed by atoms with van der Waals surface area (Å²) in [7, 11) is 0. The van der Waals surface area contributed by atoms with Crippen molar-refractivity contribution in [1.82, 2.24) is 10.2 Å². The predicted molar refractivity (Wildman–Crippen MR) is 79.7 cm³/mol. The van der Waals surface area contributed by atoms with Gasteiger partial charge in [-0.2, -0.15) is 0 Å². The minimum absolute atomic E-state index is 0.0142. The van der Waals surface area contributed by atoms with Crippen LogP contribution in [-0.4, -0.2) is 35.6 Å². The van der Waals surface area contributed by atoms with Crippen molar-refractivity contribution in [1.29, 1.82) is 0 Å². The summed E-state index contributed by atoms with van der Waals surface area (Å²) in [6.45, 7) is 6.99. The third-order valence-electron chi connectivity index (χ3n) is 4.32. The topological polar surface area (TPSA) is 41.6 Å². The van der Waals surface area contributed by atoms with Gasteiger partial charge in [0.25, 0.3) is 0 Å². The molecular formula is C15H22N2O2S. The summed E-state index contributed by atoms with van der Waals surface area (Å²) in [6, 6.07) is 4.39. The third kappa shape index (κ3) is 2.28. The van der Waals surface area contributed by atoms with Crippen LogP contribution in [0.25, 0.3) is 0 Å². The summed E-state index contributed by atoms with van der Waals surface area (Å²) >= 11 is 1.77. The van der Waals surface area contributed by atoms with Gasteiger partial charge in [-0.1, -0.05) is 6.92 Å². The van der Waals surface area contributed by atoms with Crippen molar-refractivity contribution in [2.45, 2.75) is 58.0 Å². The smallest absolute Gasteiger partial charge is 0.241 e. The summed E-state index contributed by atoms with van der Waals surface area (Å²) in [4.78, 5) is 17.2. The van der Waals surface area contributed by atoms with Crippen molar-refractivity contribution < 1.29 is 9.53 Å². The second-order valence-electron chi connectivity index (χ2n) is 5.66. The number of thiophene rings is 1. The number of ether oxygens (including phenoxy) is 1. The summed E-state index contributed by atoms with van der Waals surface area (Å²) in [5.41, 5.74) is 0. The normalized spacial score (nSPS) is 34.1. The highest BCUT2D eigenvalue weighted by Crippen LogP contribution is 2.36. The lowest BCUT2D eigenvalue weighted by molar-refractivity contribution is -0.133. The second kappa shape index (κ2) is 5.47. The van der Waals surface area contributed by atoms with Gasteiger partial charge in [0.1, 0.15) is 6.17 Å². The van der Waals surface area contributed by atoms with Crippen LogP contribution >= 0.6 is 11.3 Å². The van der Waals surface area contributed by atoms with Crippen LogP contribution in [0, 0.1) is 6.92 Å². The maximum absolute atomic E-state index is 12.7. The zero-order chi connectivity index (χ0) is 14.3. The number of hydrogen-bond donors (Lipinski definition) is 1. The average molecular weight is 294 g/mol. The number of carbonyl (C=O) groups is 1. The fourth-order valence-electron chi connectivity index (χ4n) is 3.20. The lowest BCUT2D eigenvalue weighted by Gasteiger charge is -2.31. The first kappa shape index (κ1) is 14.0. The van der Waals surface area contributed by atoms with Crippen LogP contribution in [0.5, 0.6) is 0 Å². The Kier molecular flexibility index (Phi) is 3.84. The summed E-state index contributed by atoms with van der Waals surface area (Å²) < 4.78 is 5.67. The summed E-state index contributed by atoms with van der Waals surface area (Å²) in [6.07, 6.45) is 1.91. The van der Waals surface area contributed by atoms with E-state index in [1.807, 2.05) is 4.90 Å². The molecule has 2 aliphatic rings. The molecule has 1 N–H and O–H groups in total. The summed E-state index contributed by atoms with van der Waals surface area (Å²) in [5.74, 6) is 0.228. The number of aryl methyl sites for hydroxylation is 1. The van der Waals surface area contributed by atoms with Gasteiger partial charge in [0.2, 0.25) is 5.91 Å². The van der Waals surface area contributed by atoms with Gasteiger partial charge in [-0.15, -0.1) is 11.3 Å². The first-order chi connectivity index (χ1) is 9.61. The zero-order valence-electron chi connectivity index (χ0n) is 12.3. The fourth-order valence-corrected chi connectivity index (χ4v) is 4.14. The van der Waals surface area contributed by atoms with Crippen LogP contribution in [0.4, 0.5) is 0 Å². The predicted octanol–water partition coefficient (Wildman–Crippen LogP) is 2.44. The number of rotatable bonds is 3. The van der Waals surface area contributed by atoms with Crippen LogP contribution in [0.15, 0.2) is 12.1 Å². The largest absolute Gasteiger partial charge is 0.376 e. The van der Waals surface area contributed by atoms with E-state index < -0.39 is 0 Å². The van der Waals surface area contributed by atoms with E-state index in [9.17, 15) is 4.79 Å². The molecule has 0 aromatic carbocycles. The molecule has 5 heteroatoms. The Balaban J connectivity index is 1.91. The Labute approximate surface area is 124 Å². The van der Waals surface area contributed by atoms with Crippen molar-refractivity contribution in [3.8, 4) is 0 Å². The van der Waals surface area contributed by atoms with Crippen LogP contribution in [-0.2, 0) is 9.53 Å². The molecular weight excluding hydrogens is 272 g/mol. The Hall–Kier alpha value is -0.910. The molecule has 0 spiro atoms. The molecule has 4 atom stereocenters. The molecule has 1 aromatic rings. The molecule has 0 aliphatic carbocycles. The van der Waals surface area contributed by atoms with Crippen molar-refractivity contribution in [3.05, 3.63) is 21.9 Å². The molecule has 3 rings (SSSR count). The number of nitrogens with zero attached hydrogens (tertiary/aromatic N) is 1. The van der Waals surface area contributed by atoms with Crippen LogP contribution in [0.2, 0.25) is 0 Å². The van der Waals surface area contributed by atoms with Crippen LogP contribution < -0.4 is 5.32 Å². The van der Waals surface area contributed by atoms with Crippen molar-refractivity contribution in [2.75, 3.05) is 6.61 Å². The lowest BCUT2D eigenvalue weighted by Crippen LogP contribution is -2.43. The molecule has 2 fully saturated rings. The molecule has 4 nitrogen and oxygen atoms in total. The highest BCUT2D eigenvalue weighted by molar-refractivity contribution is 7.12. The molecule has 1 amide bonds. The maximum atomic E-state index is 12.7. The minimum atomic E-state index is -0.0600. The van der Waals surface area contributed by atoms with E-state index in [-0.39, 0.29) is 30.3 Å². The first-order valence-corrected chi connectivity index (χ1v) is 8.19. The molecule has 1 aromatic heterocycles. The van der Waals surface area contributed by atoms with E-state index in [2.05, 4.69) is 38.2 Å². The van der Waals surface area contributed by atoms with Gasteiger partial charge < -0.3 is 9.64 Å². The van der Waals surface area contributed by atoms with Gasteiger partial charge in [0, 0.05) is 16.4 Å². The highest BCUT2D eigenvalue weighted by Gasteiger charge is 2.45. The van der Waals surface area contributed by atoms with Crippen molar-refractivity contribution in [3.63, 3.8) is 0 Å². The maximum Gasteiger partial charge on any atom is 0.241 e. The monoisotopic (exact) mass is 294 g/mol. The van der Waals surface area contributed by atoms with E-state index in [1.165, 1.54) is 9.75 Å². The van der Waals surface area contributed by atoms with Crippen LogP contribution in [0.1, 0.15) is 42.6 Å². The molecule has 20 heavy (non-hydrogen) atoms. The molecule has 2 saturated heterocycles. The average Bonchev–Trinajstić information content (AvgIpc) is 3.09. The molecule has 4 unspecified atom stereocenters. The minimum Gasteiger partial charge on any atom is -0.376 e. The zero-order valence-corrected chi connectivity index (χ0v) is 13.1. The van der Waals surface area contributed by atoms with E-state index in [0.29, 0.717) is 0 Å². The van der Waals surface area contributed by atoms with Gasteiger partial charge in [0.15, 0.2) is 0 Å². The number of amides is 1. The lowest BCUT2D eigenvalue weighted by atomic mass is 10.1. The number of hydrogen-bond acceptors (Lipinski definition) is 4. The van der Waals surface area contributed by atoms with Gasteiger partial charge >= 0.3 is 0 Å². The number of nitrogens with one attached hydrogen (secondary N) is 1. The van der Waals surface area contributed by atoms with Gasteiger partial charge in [-0.3, -0.25) is 10.1 Å². The van der Waals surface area contributed by atoms with Crippen molar-refractivity contribution in [2.24, 2.45) is 0 Å². The van der Waals surface area contributed by atoms with Crippen molar-refractivity contribution >= 4 is 17.2 Å². The van der Waals surface area contributed by atoms with E-state index in [4.69, 9.17) is 4.74 Å². The standard InChI is InChI=1S/C15H22N2O2S/c1-4-11-15(18)17(12-7-8-19-10(12)3)14(16-11)13-6-5-9(2)20-13/h5-6,10-12,14,16H,4,7-8H2,1-3H3. The summed E-state index contributed by atoms with van der Waals surface area (Å²) in [5, 5.41) is 3.50. The Morgan fingerprint density at radius 2 is 2.30 bits per heavy atom. The molecule has 3 heterocycles. The van der Waals surface area contributed by atoms with Gasteiger partial charge in [-0.05, 0) is 38.8 Å². The first-order valence-electron chi connectivity index (χ1n) is 7.38. The van der Waals surface area contributed by atoms with E-state index in [1.54, 1.807) is 11.3 Å². The Bertz CT molecular complexity index is 502.